The molecule has 0 saturated carbocycles. The summed E-state index contributed by atoms with van der Waals surface area (Å²) in [6.07, 6.45) is 0. The van der Waals surface area contributed by atoms with Crippen molar-refractivity contribution in [2.45, 2.75) is 6.04 Å². The van der Waals surface area contributed by atoms with Gasteiger partial charge in [-0.05, 0) is 33.8 Å². The van der Waals surface area contributed by atoms with Gasteiger partial charge in [0.15, 0.2) is 0 Å². The molecule has 2 aromatic carbocycles. The van der Waals surface area contributed by atoms with Crippen LogP contribution in [0.25, 0.3) is 10.8 Å². The number of thiophene rings is 1. The molecular formula is C16H16N2OS. The van der Waals surface area contributed by atoms with Crippen LogP contribution in [-0.4, -0.2) is 7.11 Å². The summed E-state index contributed by atoms with van der Waals surface area (Å²) in [6, 6.07) is 16.6. The Hall–Kier alpha value is -1.88. The van der Waals surface area contributed by atoms with E-state index in [0.29, 0.717) is 0 Å². The lowest BCUT2D eigenvalue weighted by atomic mass is 10.0. The van der Waals surface area contributed by atoms with E-state index in [9.17, 15) is 0 Å². The monoisotopic (exact) mass is 284 g/mol. The number of hydrogen-bond donors (Lipinski definition) is 2. The SMILES string of the molecule is COc1ccsc1C(NN)c1ccc2ccccc2c1. The van der Waals surface area contributed by atoms with Gasteiger partial charge in [0.05, 0.1) is 18.0 Å². The van der Waals surface area contributed by atoms with Crippen LogP contribution >= 0.6 is 11.3 Å². The molecule has 1 atom stereocenters. The zero-order valence-electron chi connectivity index (χ0n) is 11.2. The van der Waals surface area contributed by atoms with Gasteiger partial charge < -0.3 is 4.74 Å². The Balaban J connectivity index is 2.07. The van der Waals surface area contributed by atoms with Crippen LogP contribution in [0.2, 0.25) is 0 Å². The Morgan fingerprint density at radius 3 is 2.65 bits per heavy atom. The maximum absolute atomic E-state index is 5.76. The molecule has 0 aliphatic carbocycles. The number of nitrogens with one attached hydrogen (secondary N) is 1. The van der Waals surface area contributed by atoms with Gasteiger partial charge in [0.2, 0.25) is 0 Å². The van der Waals surface area contributed by atoms with Crippen molar-refractivity contribution in [1.82, 2.24) is 5.43 Å². The summed E-state index contributed by atoms with van der Waals surface area (Å²) in [5, 5.41) is 4.45. The highest BCUT2D eigenvalue weighted by molar-refractivity contribution is 7.10. The number of nitrogens with two attached hydrogens (primary N) is 1. The molecule has 1 heterocycles. The lowest BCUT2D eigenvalue weighted by molar-refractivity contribution is 0.408. The minimum atomic E-state index is -0.0606. The van der Waals surface area contributed by atoms with E-state index in [1.165, 1.54) is 10.8 Å². The van der Waals surface area contributed by atoms with Crippen molar-refractivity contribution in [1.29, 1.82) is 0 Å². The van der Waals surface area contributed by atoms with E-state index < -0.39 is 0 Å². The van der Waals surface area contributed by atoms with E-state index in [-0.39, 0.29) is 6.04 Å². The molecule has 3 nitrogen and oxygen atoms in total. The molecule has 0 amide bonds. The first-order valence-electron chi connectivity index (χ1n) is 6.39. The van der Waals surface area contributed by atoms with Crippen molar-refractivity contribution < 1.29 is 4.74 Å². The van der Waals surface area contributed by atoms with Crippen LogP contribution < -0.4 is 16.0 Å². The molecule has 102 valence electrons. The molecule has 3 rings (SSSR count). The van der Waals surface area contributed by atoms with Crippen molar-refractivity contribution >= 4 is 22.1 Å². The fraction of sp³-hybridized carbons (Fsp3) is 0.125. The molecule has 3 N–H and O–H groups in total. The minimum absolute atomic E-state index is 0.0606. The Bertz CT molecular complexity index is 723. The Kier molecular flexibility index (Phi) is 3.69. The molecule has 0 aliphatic rings. The van der Waals surface area contributed by atoms with Crippen molar-refractivity contribution in [2.75, 3.05) is 7.11 Å². The van der Waals surface area contributed by atoms with Gasteiger partial charge in [-0.1, -0.05) is 36.4 Å². The highest BCUT2D eigenvalue weighted by Crippen LogP contribution is 2.35. The maximum Gasteiger partial charge on any atom is 0.134 e. The lowest BCUT2D eigenvalue weighted by Crippen LogP contribution is -2.28. The van der Waals surface area contributed by atoms with Gasteiger partial charge in [0.25, 0.3) is 0 Å². The third-order valence-corrected chi connectivity index (χ3v) is 4.38. The summed E-state index contributed by atoms with van der Waals surface area (Å²) in [5.41, 5.74) is 4.02. The van der Waals surface area contributed by atoms with Crippen molar-refractivity contribution in [2.24, 2.45) is 5.84 Å². The molecule has 4 heteroatoms. The fourth-order valence-corrected chi connectivity index (χ4v) is 3.34. The Morgan fingerprint density at radius 1 is 1.10 bits per heavy atom. The van der Waals surface area contributed by atoms with Crippen LogP contribution in [0, 0.1) is 0 Å². The molecule has 0 saturated heterocycles. The molecule has 0 spiro atoms. The topological polar surface area (TPSA) is 47.3 Å². The lowest BCUT2D eigenvalue weighted by Gasteiger charge is -2.17. The average molecular weight is 284 g/mol. The second-order valence-electron chi connectivity index (χ2n) is 4.56. The standard InChI is InChI=1S/C16H16N2OS/c1-19-14-8-9-20-16(14)15(18-17)13-7-6-11-4-2-3-5-12(11)10-13/h2-10,15,18H,17H2,1H3. The summed E-state index contributed by atoms with van der Waals surface area (Å²) in [4.78, 5) is 1.09. The quantitative estimate of drug-likeness (QED) is 0.570. The van der Waals surface area contributed by atoms with E-state index in [1.807, 2.05) is 23.6 Å². The number of ether oxygens (including phenoxy) is 1. The van der Waals surface area contributed by atoms with Gasteiger partial charge in [0.1, 0.15) is 5.75 Å². The Labute approximate surface area is 122 Å². The molecule has 3 aromatic rings. The highest BCUT2D eigenvalue weighted by atomic mass is 32.1. The van der Waals surface area contributed by atoms with E-state index in [4.69, 9.17) is 10.6 Å². The summed E-state index contributed by atoms with van der Waals surface area (Å²) in [5.74, 6) is 6.63. The molecule has 0 aliphatic heterocycles. The fourth-order valence-electron chi connectivity index (χ4n) is 2.40. The normalized spacial score (nSPS) is 12.5. The predicted molar refractivity (Wildman–Crippen MR) is 84.0 cm³/mol. The summed E-state index contributed by atoms with van der Waals surface area (Å²) in [7, 11) is 1.68. The minimum Gasteiger partial charge on any atom is -0.496 e. The van der Waals surface area contributed by atoms with Gasteiger partial charge >= 0.3 is 0 Å². The van der Waals surface area contributed by atoms with Crippen LogP contribution in [0.4, 0.5) is 0 Å². The van der Waals surface area contributed by atoms with Crippen LogP contribution in [0.3, 0.4) is 0 Å². The van der Waals surface area contributed by atoms with E-state index in [1.54, 1.807) is 18.4 Å². The molecule has 0 fully saturated rings. The van der Waals surface area contributed by atoms with Crippen LogP contribution in [0.5, 0.6) is 5.75 Å². The molecular weight excluding hydrogens is 268 g/mol. The van der Waals surface area contributed by atoms with Gasteiger partial charge in [-0.3, -0.25) is 5.84 Å². The smallest absolute Gasteiger partial charge is 0.134 e. The molecule has 0 radical (unpaired) electrons. The van der Waals surface area contributed by atoms with Gasteiger partial charge in [-0.25, -0.2) is 5.43 Å². The van der Waals surface area contributed by atoms with Crippen LogP contribution in [0.15, 0.2) is 53.9 Å². The number of hydrazine groups is 1. The predicted octanol–water partition coefficient (Wildman–Crippen LogP) is 3.46. The largest absolute Gasteiger partial charge is 0.496 e. The second kappa shape index (κ2) is 5.63. The first-order chi connectivity index (χ1) is 9.83. The maximum atomic E-state index is 5.76. The number of fused-ring (bicyclic) bond motifs is 1. The first kappa shape index (κ1) is 13.1. The van der Waals surface area contributed by atoms with Gasteiger partial charge in [-0.15, -0.1) is 11.3 Å². The number of methoxy groups -OCH3 is 1. The number of rotatable bonds is 4. The van der Waals surface area contributed by atoms with Crippen molar-refractivity contribution in [3.05, 3.63) is 64.4 Å². The summed E-state index contributed by atoms with van der Waals surface area (Å²) >= 11 is 1.64. The van der Waals surface area contributed by atoms with Crippen molar-refractivity contribution in [3.8, 4) is 5.75 Å². The molecule has 20 heavy (non-hydrogen) atoms. The van der Waals surface area contributed by atoms with Crippen LogP contribution in [-0.2, 0) is 0 Å². The number of hydrogen-bond acceptors (Lipinski definition) is 4. The number of benzene rings is 2. The molecule has 0 bridgehead atoms. The van der Waals surface area contributed by atoms with Gasteiger partial charge in [-0.2, -0.15) is 0 Å². The second-order valence-corrected chi connectivity index (χ2v) is 5.51. The summed E-state index contributed by atoms with van der Waals surface area (Å²) < 4.78 is 5.39. The summed E-state index contributed by atoms with van der Waals surface area (Å²) in [6.45, 7) is 0. The highest BCUT2D eigenvalue weighted by Gasteiger charge is 2.18. The van der Waals surface area contributed by atoms with E-state index in [0.717, 1.165) is 16.2 Å². The molecule has 1 aromatic heterocycles. The van der Waals surface area contributed by atoms with Crippen molar-refractivity contribution in [3.63, 3.8) is 0 Å². The van der Waals surface area contributed by atoms with E-state index in [2.05, 4.69) is 35.8 Å². The third kappa shape index (κ3) is 2.29. The Morgan fingerprint density at radius 2 is 1.90 bits per heavy atom. The third-order valence-electron chi connectivity index (χ3n) is 3.41. The first-order valence-corrected chi connectivity index (χ1v) is 7.27. The molecule has 1 unspecified atom stereocenters. The van der Waals surface area contributed by atoms with Crippen LogP contribution in [0.1, 0.15) is 16.5 Å². The van der Waals surface area contributed by atoms with E-state index >= 15 is 0 Å². The zero-order valence-corrected chi connectivity index (χ0v) is 12.0. The zero-order chi connectivity index (χ0) is 13.9. The van der Waals surface area contributed by atoms with Gasteiger partial charge in [0, 0.05) is 0 Å². The average Bonchev–Trinajstić information content (AvgIpc) is 2.96.